The third-order valence-electron chi connectivity index (χ3n) is 4.91. The summed E-state index contributed by atoms with van der Waals surface area (Å²) in [6.45, 7) is 5.77. The predicted molar refractivity (Wildman–Crippen MR) is 125 cm³/mol. The molecule has 1 unspecified atom stereocenters. The van der Waals surface area contributed by atoms with E-state index in [0.717, 1.165) is 11.1 Å². The average Bonchev–Trinajstić information content (AvgIpc) is 3.12. The van der Waals surface area contributed by atoms with Crippen LogP contribution in [0, 0.1) is 0 Å². The molecule has 1 fully saturated rings. The molecular formula is C24H29NO7S. The number of methoxy groups -OCH3 is 2. The number of hydrogen-bond acceptors (Lipinski definition) is 8. The van der Waals surface area contributed by atoms with Crippen molar-refractivity contribution in [2.75, 3.05) is 26.5 Å². The monoisotopic (exact) mass is 475 g/mol. The Balaban J connectivity index is 1.74. The number of thioether (sulfide) groups is 1. The molecule has 9 heteroatoms. The molecule has 178 valence electrons. The number of aromatic hydroxyl groups is 1. The van der Waals surface area contributed by atoms with Crippen LogP contribution >= 0.6 is 11.8 Å². The molecule has 1 heterocycles. The number of hydrogen-bond donors (Lipinski definition) is 1. The van der Waals surface area contributed by atoms with Crippen molar-refractivity contribution in [2.45, 2.75) is 38.2 Å². The summed E-state index contributed by atoms with van der Waals surface area (Å²) in [6, 6.07) is 10.4. The van der Waals surface area contributed by atoms with Crippen molar-refractivity contribution in [1.29, 1.82) is 0 Å². The summed E-state index contributed by atoms with van der Waals surface area (Å²) >= 11 is 1.53. The van der Waals surface area contributed by atoms with Gasteiger partial charge in [-0.05, 0) is 62.6 Å². The highest BCUT2D eigenvalue weighted by Crippen LogP contribution is 2.42. The van der Waals surface area contributed by atoms with Crippen LogP contribution in [0.1, 0.15) is 37.3 Å². The molecule has 1 aliphatic heterocycles. The number of rotatable bonds is 7. The Morgan fingerprint density at radius 2 is 1.82 bits per heavy atom. The highest BCUT2D eigenvalue weighted by molar-refractivity contribution is 8.00. The Hall–Kier alpha value is -3.07. The minimum Gasteiger partial charge on any atom is -0.504 e. The van der Waals surface area contributed by atoms with Crippen molar-refractivity contribution >= 4 is 23.8 Å². The van der Waals surface area contributed by atoms with Crippen LogP contribution in [0.4, 0.5) is 4.79 Å². The molecule has 1 N–H and O–H groups in total. The third-order valence-corrected chi connectivity index (χ3v) is 6.17. The first-order valence-corrected chi connectivity index (χ1v) is 11.5. The zero-order valence-corrected chi connectivity index (χ0v) is 20.2. The van der Waals surface area contributed by atoms with E-state index in [2.05, 4.69) is 0 Å². The Labute approximate surface area is 197 Å². The van der Waals surface area contributed by atoms with Gasteiger partial charge in [-0.2, -0.15) is 0 Å². The lowest BCUT2D eigenvalue weighted by Crippen LogP contribution is -2.30. The van der Waals surface area contributed by atoms with Gasteiger partial charge in [-0.25, -0.2) is 4.79 Å². The molecule has 1 aliphatic rings. The van der Waals surface area contributed by atoms with Gasteiger partial charge in [-0.15, -0.1) is 11.8 Å². The lowest BCUT2D eigenvalue weighted by atomic mass is 10.1. The summed E-state index contributed by atoms with van der Waals surface area (Å²) in [5.74, 6) is 1.52. The predicted octanol–water partition coefficient (Wildman–Crippen LogP) is 4.54. The zero-order valence-electron chi connectivity index (χ0n) is 19.4. The molecule has 0 bridgehead atoms. The third kappa shape index (κ3) is 6.25. The zero-order chi connectivity index (χ0) is 24.2. The smallest absolute Gasteiger partial charge is 0.504 e. The van der Waals surface area contributed by atoms with E-state index in [1.807, 2.05) is 17.0 Å². The van der Waals surface area contributed by atoms with E-state index in [-0.39, 0.29) is 22.8 Å². The lowest BCUT2D eigenvalue weighted by Gasteiger charge is -2.25. The van der Waals surface area contributed by atoms with Crippen LogP contribution in [0.2, 0.25) is 0 Å². The Morgan fingerprint density at radius 1 is 1.09 bits per heavy atom. The minimum absolute atomic E-state index is 0.0452. The van der Waals surface area contributed by atoms with Gasteiger partial charge in [0.2, 0.25) is 5.91 Å². The normalized spacial score (nSPS) is 16.0. The van der Waals surface area contributed by atoms with Crippen LogP contribution in [-0.4, -0.2) is 54.2 Å². The van der Waals surface area contributed by atoms with E-state index in [0.29, 0.717) is 30.2 Å². The molecule has 33 heavy (non-hydrogen) atoms. The molecule has 2 aromatic rings. The topological polar surface area (TPSA) is 94.5 Å². The molecule has 0 aliphatic carbocycles. The molecule has 1 amide bonds. The fraction of sp³-hybridized carbons (Fsp3) is 0.417. The highest BCUT2D eigenvalue weighted by atomic mass is 32.2. The highest BCUT2D eigenvalue weighted by Gasteiger charge is 2.33. The van der Waals surface area contributed by atoms with E-state index in [1.54, 1.807) is 45.0 Å². The first-order chi connectivity index (χ1) is 15.6. The standard InChI is InChI=1S/C24H29NO7S/c1-24(2,3)32-23(28)31-18-9-7-16(13-20(18)30-5)22-25(21(27)14-33-22)11-10-15-6-8-17(26)19(12-15)29-4/h6-9,12-13,22,26H,10-11,14H2,1-5H3. The fourth-order valence-electron chi connectivity index (χ4n) is 3.38. The maximum absolute atomic E-state index is 12.6. The van der Waals surface area contributed by atoms with Crippen LogP contribution in [0.5, 0.6) is 23.0 Å². The SMILES string of the molecule is COc1cc(CCN2C(=O)CSC2c2ccc(OC(=O)OC(C)(C)C)c(OC)c2)ccc1O. The van der Waals surface area contributed by atoms with E-state index in [1.165, 1.54) is 26.0 Å². The van der Waals surface area contributed by atoms with Gasteiger partial charge in [0.25, 0.3) is 0 Å². The van der Waals surface area contributed by atoms with Crippen molar-refractivity contribution < 1.29 is 33.6 Å². The van der Waals surface area contributed by atoms with E-state index in [4.69, 9.17) is 18.9 Å². The number of benzene rings is 2. The van der Waals surface area contributed by atoms with Crippen LogP contribution in [0.15, 0.2) is 36.4 Å². The second-order valence-corrected chi connectivity index (χ2v) is 9.55. The number of amides is 1. The lowest BCUT2D eigenvalue weighted by molar-refractivity contribution is -0.128. The van der Waals surface area contributed by atoms with Gasteiger partial charge in [0.1, 0.15) is 11.0 Å². The number of carbonyl (C=O) groups excluding carboxylic acids is 2. The first-order valence-electron chi connectivity index (χ1n) is 10.5. The Kier molecular flexibility index (Phi) is 7.63. The van der Waals surface area contributed by atoms with Crippen molar-refractivity contribution in [3.8, 4) is 23.0 Å². The quantitative estimate of drug-likeness (QED) is 0.461. The van der Waals surface area contributed by atoms with E-state index in [9.17, 15) is 14.7 Å². The van der Waals surface area contributed by atoms with Crippen LogP contribution in [0.3, 0.4) is 0 Å². The molecule has 2 aromatic carbocycles. The van der Waals surface area contributed by atoms with Crippen LogP contribution < -0.4 is 14.2 Å². The van der Waals surface area contributed by atoms with Gasteiger partial charge < -0.3 is 29.0 Å². The summed E-state index contributed by atoms with van der Waals surface area (Å²) in [4.78, 5) is 26.4. The van der Waals surface area contributed by atoms with Crippen molar-refractivity contribution in [1.82, 2.24) is 4.90 Å². The van der Waals surface area contributed by atoms with Gasteiger partial charge in [0.15, 0.2) is 23.0 Å². The minimum atomic E-state index is -0.815. The van der Waals surface area contributed by atoms with Gasteiger partial charge in [0, 0.05) is 6.54 Å². The number of ether oxygens (including phenoxy) is 4. The first kappa shape index (κ1) is 24.6. The molecule has 1 atom stereocenters. The summed E-state index contributed by atoms with van der Waals surface area (Å²) in [6.07, 6.45) is -0.207. The average molecular weight is 476 g/mol. The van der Waals surface area contributed by atoms with Crippen LogP contribution in [0.25, 0.3) is 0 Å². The molecular weight excluding hydrogens is 446 g/mol. The second-order valence-electron chi connectivity index (χ2n) is 8.48. The molecule has 0 aromatic heterocycles. The molecule has 3 rings (SSSR count). The van der Waals surface area contributed by atoms with Gasteiger partial charge in [-0.1, -0.05) is 12.1 Å². The number of nitrogens with zero attached hydrogens (tertiary/aromatic N) is 1. The fourth-order valence-corrected chi connectivity index (χ4v) is 4.59. The molecule has 0 radical (unpaired) electrons. The van der Waals surface area contributed by atoms with E-state index >= 15 is 0 Å². The van der Waals surface area contributed by atoms with Crippen LogP contribution in [-0.2, 0) is 16.0 Å². The molecule has 8 nitrogen and oxygen atoms in total. The molecule has 0 spiro atoms. The number of carbonyl (C=O) groups is 2. The van der Waals surface area contributed by atoms with E-state index < -0.39 is 11.8 Å². The summed E-state index contributed by atoms with van der Waals surface area (Å²) < 4.78 is 21.1. The molecule has 1 saturated heterocycles. The largest absolute Gasteiger partial charge is 0.514 e. The maximum atomic E-state index is 12.6. The van der Waals surface area contributed by atoms with Gasteiger partial charge in [0.05, 0.1) is 20.0 Å². The number of phenols is 1. The van der Waals surface area contributed by atoms with Gasteiger partial charge in [-0.3, -0.25) is 4.79 Å². The second kappa shape index (κ2) is 10.2. The Morgan fingerprint density at radius 3 is 2.48 bits per heavy atom. The molecule has 0 saturated carbocycles. The number of phenolic OH excluding ortho intramolecular Hbond substituents is 1. The maximum Gasteiger partial charge on any atom is 0.514 e. The summed E-state index contributed by atoms with van der Waals surface area (Å²) in [7, 11) is 2.99. The van der Waals surface area contributed by atoms with Gasteiger partial charge >= 0.3 is 6.16 Å². The summed E-state index contributed by atoms with van der Waals surface area (Å²) in [5, 5.41) is 9.59. The van der Waals surface area contributed by atoms with Crippen molar-refractivity contribution in [3.05, 3.63) is 47.5 Å². The summed E-state index contributed by atoms with van der Waals surface area (Å²) in [5.41, 5.74) is 1.14. The van der Waals surface area contributed by atoms with Crippen molar-refractivity contribution in [3.63, 3.8) is 0 Å². The van der Waals surface area contributed by atoms with Crippen molar-refractivity contribution in [2.24, 2.45) is 0 Å². The Bertz CT molecular complexity index is 1020.